The van der Waals surface area contributed by atoms with Gasteiger partial charge >= 0.3 is 0 Å². The van der Waals surface area contributed by atoms with Crippen LogP contribution in [-0.2, 0) is 6.42 Å². The zero-order chi connectivity index (χ0) is 17.1. The number of benzene rings is 1. The summed E-state index contributed by atoms with van der Waals surface area (Å²) < 4.78 is 12.4. The van der Waals surface area contributed by atoms with E-state index in [-0.39, 0.29) is 0 Å². The van der Waals surface area contributed by atoms with Crippen molar-refractivity contribution in [1.29, 1.82) is 0 Å². The summed E-state index contributed by atoms with van der Waals surface area (Å²) in [7, 11) is 5.33. The summed E-state index contributed by atoms with van der Waals surface area (Å²) in [5.74, 6) is 3.07. The summed E-state index contributed by atoms with van der Waals surface area (Å²) in [4.78, 5) is 10.7. The Morgan fingerprint density at radius 1 is 1.12 bits per heavy atom. The topological polar surface area (TPSA) is 64.8 Å². The first-order chi connectivity index (χ1) is 11.6. The molecule has 0 aliphatic heterocycles. The normalized spacial score (nSPS) is 10.8. The first-order valence-corrected chi connectivity index (χ1v) is 7.72. The third-order valence-corrected chi connectivity index (χ3v) is 3.94. The fourth-order valence-corrected chi connectivity index (χ4v) is 2.63. The molecule has 0 fully saturated rings. The van der Waals surface area contributed by atoms with Gasteiger partial charge in [0.25, 0.3) is 5.78 Å². The molecule has 0 amide bonds. The van der Waals surface area contributed by atoms with Gasteiger partial charge in [0, 0.05) is 25.4 Å². The lowest BCUT2D eigenvalue weighted by molar-refractivity contribution is 0.354. The van der Waals surface area contributed by atoms with E-state index < -0.39 is 0 Å². The van der Waals surface area contributed by atoms with E-state index in [1.165, 1.54) is 11.9 Å². The number of hydrogen-bond acceptors (Lipinski definition) is 6. The lowest BCUT2D eigenvalue weighted by atomic mass is 10.1. The van der Waals surface area contributed by atoms with Gasteiger partial charge in [-0.05, 0) is 31.0 Å². The van der Waals surface area contributed by atoms with Crippen LogP contribution in [0.2, 0.25) is 0 Å². The zero-order valence-corrected chi connectivity index (χ0v) is 14.4. The minimum atomic E-state index is 0.614. The van der Waals surface area contributed by atoms with Gasteiger partial charge in [0.05, 0.1) is 14.2 Å². The minimum absolute atomic E-state index is 0.614. The Hall–Kier alpha value is -2.83. The first-order valence-electron chi connectivity index (χ1n) is 7.72. The average Bonchev–Trinajstić information content (AvgIpc) is 3.06. The van der Waals surface area contributed by atoms with E-state index in [0.717, 1.165) is 36.0 Å². The summed E-state index contributed by atoms with van der Waals surface area (Å²) in [6.45, 7) is 2.79. The molecule has 0 saturated heterocycles. The van der Waals surface area contributed by atoms with Crippen LogP contribution in [0.3, 0.4) is 0 Å². The van der Waals surface area contributed by atoms with Crippen molar-refractivity contribution in [3.63, 3.8) is 0 Å². The molecule has 1 aromatic carbocycles. The number of anilines is 1. The number of rotatable bonds is 6. The van der Waals surface area contributed by atoms with E-state index >= 15 is 0 Å². The zero-order valence-electron chi connectivity index (χ0n) is 14.4. The lowest BCUT2D eigenvalue weighted by Gasteiger charge is -2.20. The Balaban J connectivity index is 1.77. The monoisotopic (exact) mass is 327 g/mol. The Morgan fingerprint density at radius 3 is 2.67 bits per heavy atom. The van der Waals surface area contributed by atoms with Crippen LogP contribution in [0.25, 0.3) is 5.78 Å². The molecule has 126 valence electrons. The second-order valence-electron chi connectivity index (χ2n) is 5.59. The molecule has 0 spiro atoms. The highest BCUT2D eigenvalue weighted by Gasteiger charge is 2.11. The number of methoxy groups -OCH3 is 2. The van der Waals surface area contributed by atoms with Crippen molar-refractivity contribution < 1.29 is 9.47 Å². The molecule has 7 nitrogen and oxygen atoms in total. The highest BCUT2D eigenvalue weighted by molar-refractivity contribution is 5.47. The van der Waals surface area contributed by atoms with E-state index in [4.69, 9.17) is 9.47 Å². The van der Waals surface area contributed by atoms with Gasteiger partial charge in [0.1, 0.15) is 12.1 Å². The summed E-state index contributed by atoms with van der Waals surface area (Å²) in [5.41, 5.74) is 2.10. The molecule has 0 aliphatic carbocycles. The van der Waals surface area contributed by atoms with E-state index in [9.17, 15) is 0 Å². The number of aryl methyl sites for hydroxylation is 1. The van der Waals surface area contributed by atoms with Gasteiger partial charge in [0.2, 0.25) is 0 Å². The summed E-state index contributed by atoms with van der Waals surface area (Å²) >= 11 is 0. The van der Waals surface area contributed by atoms with Crippen LogP contribution in [0.1, 0.15) is 11.3 Å². The predicted octanol–water partition coefficient (Wildman–Crippen LogP) is 2.13. The van der Waals surface area contributed by atoms with Crippen LogP contribution in [-0.4, -0.2) is 47.4 Å². The summed E-state index contributed by atoms with van der Waals surface area (Å²) in [5, 5.41) is 4.25. The van der Waals surface area contributed by atoms with Crippen molar-refractivity contribution >= 4 is 11.6 Å². The maximum absolute atomic E-state index is 5.36. The van der Waals surface area contributed by atoms with Gasteiger partial charge < -0.3 is 14.4 Å². The number of nitrogens with zero attached hydrogens (tertiary/aromatic N) is 5. The molecule has 0 aliphatic rings. The number of ether oxygens (including phenoxy) is 2. The van der Waals surface area contributed by atoms with Crippen molar-refractivity contribution in [3.05, 3.63) is 41.9 Å². The van der Waals surface area contributed by atoms with Gasteiger partial charge in [-0.15, -0.1) is 0 Å². The van der Waals surface area contributed by atoms with Crippen molar-refractivity contribution in [1.82, 2.24) is 19.6 Å². The second-order valence-corrected chi connectivity index (χ2v) is 5.59. The van der Waals surface area contributed by atoms with Crippen molar-refractivity contribution in [3.8, 4) is 11.5 Å². The molecular formula is C17H21N5O2. The molecule has 2 heterocycles. The van der Waals surface area contributed by atoms with Crippen molar-refractivity contribution in [2.24, 2.45) is 0 Å². The van der Waals surface area contributed by atoms with Gasteiger partial charge in [-0.25, -0.2) is 4.98 Å². The van der Waals surface area contributed by atoms with Crippen molar-refractivity contribution in [2.75, 3.05) is 32.7 Å². The van der Waals surface area contributed by atoms with Gasteiger partial charge in [-0.3, -0.25) is 0 Å². The molecule has 7 heteroatoms. The molecule has 0 radical (unpaired) electrons. The van der Waals surface area contributed by atoms with E-state index in [1.807, 2.05) is 32.2 Å². The van der Waals surface area contributed by atoms with Crippen LogP contribution in [0.5, 0.6) is 11.5 Å². The van der Waals surface area contributed by atoms with Crippen LogP contribution >= 0.6 is 0 Å². The Morgan fingerprint density at radius 2 is 1.92 bits per heavy atom. The smallest absolute Gasteiger partial charge is 0.254 e. The molecule has 0 N–H and O–H groups in total. The molecule has 3 aromatic rings. The third kappa shape index (κ3) is 3.10. The van der Waals surface area contributed by atoms with Gasteiger partial charge in [-0.1, -0.05) is 6.07 Å². The number of fused-ring (bicyclic) bond motifs is 1. The second kappa shape index (κ2) is 6.74. The Labute approximate surface area is 140 Å². The molecular weight excluding hydrogens is 306 g/mol. The SMILES string of the molecule is COc1ccc(CCN(C)c2cc(C)nc3ncnn23)cc1OC. The maximum Gasteiger partial charge on any atom is 0.254 e. The van der Waals surface area contributed by atoms with Gasteiger partial charge in [-0.2, -0.15) is 14.6 Å². The molecule has 0 atom stereocenters. The predicted molar refractivity (Wildman–Crippen MR) is 92.0 cm³/mol. The highest BCUT2D eigenvalue weighted by Crippen LogP contribution is 2.27. The van der Waals surface area contributed by atoms with E-state index in [0.29, 0.717) is 5.78 Å². The Bertz CT molecular complexity index is 846. The maximum atomic E-state index is 5.36. The third-order valence-electron chi connectivity index (χ3n) is 3.94. The number of likely N-dealkylation sites (N-methyl/N-ethyl adjacent to an activating group) is 1. The molecule has 3 rings (SSSR count). The molecule has 0 unspecified atom stereocenters. The quantitative estimate of drug-likeness (QED) is 0.691. The van der Waals surface area contributed by atoms with Crippen LogP contribution in [0.4, 0.5) is 5.82 Å². The van der Waals surface area contributed by atoms with E-state index in [1.54, 1.807) is 18.7 Å². The Kier molecular flexibility index (Phi) is 4.50. The van der Waals surface area contributed by atoms with Crippen LogP contribution in [0.15, 0.2) is 30.6 Å². The fraction of sp³-hybridized carbons (Fsp3) is 0.353. The molecule has 24 heavy (non-hydrogen) atoms. The summed E-state index contributed by atoms with van der Waals surface area (Å²) in [6.07, 6.45) is 2.39. The fourth-order valence-electron chi connectivity index (χ4n) is 2.63. The molecule has 0 bridgehead atoms. The first kappa shape index (κ1) is 16.0. The highest BCUT2D eigenvalue weighted by atomic mass is 16.5. The number of hydrogen-bond donors (Lipinski definition) is 0. The molecule has 0 saturated carbocycles. The van der Waals surface area contributed by atoms with Crippen LogP contribution in [0, 0.1) is 6.92 Å². The molecule has 2 aromatic heterocycles. The number of aromatic nitrogens is 4. The lowest BCUT2D eigenvalue weighted by Crippen LogP contribution is -2.23. The minimum Gasteiger partial charge on any atom is -0.493 e. The van der Waals surface area contributed by atoms with E-state index in [2.05, 4.69) is 26.0 Å². The largest absolute Gasteiger partial charge is 0.493 e. The average molecular weight is 327 g/mol. The van der Waals surface area contributed by atoms with Crippen LogP contribution < -0.4 is 14.4 Å². The van der Waals surface area contributed by atoms with Gasteiger partial charge in [0.15, 0.2) is 11.5 Å². The summed E-state index contributed by atoms with van der Waals surface area (Å²) in [6, 6.07) is 8.00. The standard InChI is InChI=1S/C17H21N5O2/c1-12-9-16(22-17(20-12)18-11-19-22)21(2)8-7-13-5-6-14(23-3)15(10-13)24-4/h5-6,9-11H,7-8H2,1-4H3. The van der Waals surface area contributed by atoms with Crippen molar-refractivity contribution in [2.45, 2.75) is 13.3 Å².